The number of carboxylic acids is 2. The Hall–Kier alpha value is -2.20. The summed E-state index contributed by atoms with van der Waals surface area (Å²) in [7, 11) is 0. The van der Waals surface area contributed by atoms with E-state index < -0.39 is 24.1 Å². The molecule has 18 heavy (non-hydrogen) atoms. The molecule has 0 saturated carbocycles. The van der Waals surface area contributed by atoms with E-state index in [-0.39, 0.29) is 11.3 Å². The molecule has 1 aromatic rings. The lowest BCUT2D eigenvalue weighted by Crippen LogP contribution is -2.17. The van der Waals surface area contributed by atoms with Gasteiger partial charge in [0.05, 0.1) is 17.7 Å². The fourth-order valence-electron chi connectivity index (χ4n) is 1.15. The Labute approximate surface area is 110 Å². The van der Waals surface area contributed by atoms with E-state index >= 15 is 0 Å². The van der Waals surface area contributed by atoms with Crippen molar-refractivity contribution < 1.29 is 19.8 Å². The highest BCUT2D eigenvalue weighted by molar-refractivity contribution is 9.10. The Morgan fingerprint density at radius 3 is 2.56 bits per heavy atom. The molecule has 7 heteroatoms. The van der Waals surface area contributed by atoms with Gasteiger partial charge in [0.2, 0.25) is 0 Å². The second-order valence-electron chi connectivity index (χ2n) is 3.21. The third-order valence-electron chi connectivity index (χ3n) is 1.90. The summed E-state index contributed by atoms with van der Waals surface area (Å²) in [6.45, 7) is 0. The van der Waals surface area contributed by atoms with E-state index in [1.165, 1.54) is 12.1 Å². The topological polar surface area (TPSA) is 111 Å². The minimum absolute atomic E-state index is 0.124. The van der Waals surface area contributed by atoms with E-state index in [1.54, 1.807) is 6.07 Å². The predicted molar refractivity (Wildman–Crippen MR) is 65.8 cm³/mol. The van der Waals surface area contributed by atoms with Crippen molar-refractivity contribution in [1.82, 2.24) is 0 Å². The van der Waals surface area contributed by atoms with Gasteiger partial charge in [0.25, 0.3) is 0 Å². The van der Waals surface area contributed by atoms with E-state index in [2.05, 4.69) is 20.9 Å². The molecular weight excluding hydrogens is 304 g/mol. The second-order valence-corrected chi connectivity index (χ2v) is 4.12. The lowest BCUT2D eigenvalue weighted by Gasteiger charge is -2.01. The Morgan fingerprint density at radius 1 is 1.39 bits per heavy atom. The highest BCUT2D eigenvalue weighted by Crippen LogP contribution is 2.23. The van der Waals surface area contributed by atoms with Crippen molar-refractivity contribution in [2.75, 3.05) is 0 Å². The number of benzene rings is 1. The molecule has 0 spiro atoms. The van der Waals surface area contributed by atoms with Gasteiger partial charge in [0.1, 0.15) is 11.8 Å². The summed E-state index contributed by atoms with van der Waals surface area (Å²) in [6, 6.07) is 6.35. The summed E-state index contributed by atoms with van der Waals surface area (Å²) in [5.74, 6) is -2.73. The molecule has 0 aliphatic rings. The molecule has 6 nitrogen and oxygen atoms in total. The van der Waals surface area contributed by atoms with Crippen LogP contribution in [-0.2, 0) is 9.59 Å². The van der Waals surface area contributed by atoms with Crippen LogP contribution in [0.5, 0.6) is 0 Å². The molecule has 2 N–H and O–H groups in total. The van der Waals surface area contributed by atoms with Gasteiger partial charge in [-0.25, -0.2) is 9.79 Å². The number of carboxylic acid groups (broad SMARTS) is 2. The van der Waals surface area contributed by atoms with Gasteiger partial charge in [0, 0.05) is 4.47 Å². The predicted octanol–water partition coefficient (Wildman–Crippen LogP) is 1.95. The molecular formula is C11H7BrN2O4. The number of aliphatic carboxylic acids is 2. The van der Waals surface area contributed by atoms with E-state index in [1.807, 2.05) is 6.07 Å². The van der Waals surface area contributed by atoms with Gasteiger partial charge in [-0.1, -0.05) is 15.9 Å². The minimum Gasteiger partial charge on any atom is -0.481 e. The lowest BCUT2D eigenvalue weighted by atomic mass is 10.2. The van der Waals surface area contributed by atoms with Crippen LogP contribution in [0, 0.1) is 11.3 Å². The smallest absolute Gasteiger partial charge is 0.350 e. The van der Waals surface area contributed by atoms with Crippen LogP contribution in [-0.4, -0.2) is 27.9 Å². The van der Waals surface area contributed by atoms with Gasteiger partial charge in [-0.15, -0.1) is 0 Å². The number of rotatable bonds is 4. The minimum atomic E-state index is -1.43. The lowest BCUT2D eigenvalue weighted by molar-refractivity contribution is -0.137. The van der Waals surface area contributed by atoms with Crippen LogP contribution in [0.25, 0.3) is 0 Å². The van der Waals surface area contributed by atoms with Crippen LogP contribution in [0.15, 0.2) is 27.7 Å². The fraction of sp³-hybridized carbons (Fsp3) is 0.0909. The number of halogens is 1. The summed E-state index contributed by atoms with van der Waals surface area (Å²) < 4.78 is 0.646. The van der Waals surface area contributed by atoms with Crippen LogP contribution in [0.3, 0.4) is 0 Å². The van der Waals surface area contributed by atoms with Crippen molar-refractivity contribution >= 4 is 39.3 Å². The molecule has 0 radical (unpaired) electrons. The van der Waals surface area contributed by atoms with Crippen molar-refractivity contribution in [1.29, 1.82) is 5.26 Å². The largest absolute Gasteiger partial charge is 0.481 e. The number of hydrogen-bond acceptors (Lipinski definition) is 4. The Bertz CT molecular complexity index is 575. The third-order valence-corrected chi connectivity index (χ3v) is 2.39. The number of hydrogen-bond donors (Lipinski definition) is 2. The zero-order valence-electron chi connectivity index (χ0n) is 8.92. The quantitative estimate of drug-likeness (QED) is 0.826. The number of nitrogens with zero attached hydrogens (tertiary/aromatic N) is 2. The normalized spacial score (nSPS) is 10.8. The molecule has 0 aromatic heterocycles. The molecule has 0 unspecified atom stereocenters. The van der Waals surface area contributed by atoms with Crippen LogP contribution < -0.4 is 0 Å². The van der Waals surface area contributed by atoms with Gasteiger partial charge >= 0.3 is 11.9 Å². The SMILES string of the molecule is N#Cc1cc(Br)ccc1N=C(CC(=O)O)C(=O)O. The third kappa shape index (κ3) is 3.68. The van der Waals surface area contributed by atoms with Crippen molar-refractivity contribution in [3.63, 3.8) is 0 Å². The van der Waals surface area contributed by atoms with E-state index in [9.17, 15) is 9.59 Å². The van der Waals surface area contributed by atoms with Gasteiger partial charge in [-0.2, -0.15) is 5.26 Å². The molecule has 0 atom stereocenters. The maximum atomic E-state index is 10.8. The van der Waals surface area contributed by atoms with Crippen molar-refractivity contribution in [2.24, 2.45) is 4.99 Å². The van der Waals surface area contributed by atoms with Crippen molar-refractivity contribution in [3.8, 4) is 6.07 Å². The molecule has 0 heterocycles. The van der Waals surface area contributed by atoms with Crippen LogP contribution in [0.4, 0.5) is 5.69 Å². The molecule has 0 aliphatic heterocycles. The second kappa shape index (κ2) is 5.93. The zero-order valence-corrected chi connectivity index (χ0v) is 10.5. The first kappa shape index (κ1) is 13.9. The summed E-state index contributed by atoms with van der Waals surface area (Å²) in [5.41, 5.74) is -0.241. The number of carbonyl (C=O) groups is 2. The van der Waals surface area contributed by atoms with Crippen molar-refractivity contribution in [3.05, 3.63) is 28.2 Å². The Kier molecular flexibility index (Phi) is 4.57. The first-order valence-corrected chi connectivity index (χ1v) is 5.45. The average molecular weight is 311 g/mol. The van der Waals surface area contributed by atoms with Crippen LogP contribution in [0.2, 0.25) is 0 Å². The molecule has 0 aliphatic carbocycles. The van der Waals surface area contributed by atoms with E-state index in [4.69, 9.17) is 15.5 Å². The fourth-order valence-corrected chi connectivity index (χ4v) is 1.51. The Morgan fingerprint density at radius 2 is 2.06 bits per heavy atom. The molecule has 0 fully saturated rings. The monoisotopic (exact) mass is 310 g/mol. The summed E-state index contributed by atoms with van der Waals surface area (Å²) in [4.78, 5) is 25.0. The standard InChI is InChI=1S/C11H7BrN2O4/c12-7-1-2-8(6(3-7)5-13)14-9(11(17)18)4-10(15)16/h1-3H,4H2,(H,15,16)(H,17,18). The molecule has 0 saturated heterocycles. The van der Waals surface area contributed by atoms with Crippen LogP contribution in [0.1, 0.15) is 12.0 Å². The highest BCUT2D eigenvalue weighted by atomic mass is 79.9. The van der Waals surface area contributed by atoms with Gasteiger partial charge in [-0.05, 0) is 18.2 Å². The summed E-state index contributed by atoms with van der Waals surface area (Å²) in [5, 5.41) is 26.3. The molecule has 1 rings (SSSR count). The maximum Gasteiger partial charge on any atom is 0.350 e. The summed E-state index contributed by atoms with van der Waals surface area (Å²) in [6.07, 6.45) is -0.712. The van der Waals surface area contributed by atoms with E-state index in [0.29, 0.717) is 4.47 Å². The summed E-state index contributed by atoms with van der Waals surface area (Å²) >= 11 is 3.16. The first-order valence-electron chi connectivity index (χ1n) is 4.66. The first-order chi connectivity index (χ1) is 8.43. The zero-order chi connectivity index (χ0) is 13.7. The van der Waals surface area contributed by atoms with Crippen molar-refractivity contribution in [2.45, 2.75) is 6.42 Å². The van der Waals surface area contributed by atoms with Gasteiger partial charge in [-0.3, -0.25) is 4.79 Å². The van der Waals surface area contributed by atoms with E-state index in [0.717, 1.165) is 0 Å². The van der Waals surface area contributed by atoms with Gasteiger partial charge < -0.3 is 10.2 Å². The molecule has 0 bridgehead atoms. The van der Waals surface area contributed by atoms with Gasteiger partial charge in [0.15, 0.2) is 0 Å². The molecule has 0 amide bonds. The molecule has 92 valence electrons. The average Bonchev–Trinajstić information content (AvgIpc) is 2.29. The maximum absolute atomic E-state index is 10.8. The highest BCUT2D eigenvalue weighted by Gasteiger charge is 2.15. The number of nitriles is 1. The van der Waals surface area contributed by atoms with Crippen LogP contribution >= 0.6 is 15.9 Å². The Balaban J connectivity index is 3.24. The molecule has 1 aromatic carbocycles. The number of aliphatic imine (C=N–C) groups is 1.